The van der Waals surface area contributed by atoms with Crippen LogP contribution in [0, 0.1) is 6.92 Å². The first-order chi connectivity index (χ1) is 10.3. The second-order valence-corrected chi connectivity index (χ2v) is 5.09. The number of ether oxygens (including phenoxy) is 2. The van der Waals surface area contributed by atoms with E-state index in [0.717, 1.165) is 25.4 Å². The Labute approximate surface area is 126 Å². The lowest BCUT2D eigenvalue weighted by Crippen LogP contribution is -2.18. The number of hydrogen-bond donors (Lipinski definition) is 1. The summed E-state index contributed by atoms with van der Waals surface area (Å²) in [4.78, 5) is 0. The van der Waals surface area contributed by atoms with E-state index < -0.39 is 0 Å². The van der Waals surface area contributed by atoms with Gasteiger partial charge in [-0.2, -0.15) is 0 Å². The van der Waals surface area contributed by atoms with Gasteiger partial charge in [0.2, 0.25) is 0 Å². The van der Waals surface area contributed by atoms with Crippen molar-refractivity contribution in [1.29, 1.82) is 0 Å². The van der Waals surface area contributed by atoms with E-state index in [-0.39, 0.29) is 0 Å². The molecule has 1 N–H and O–H groups in total. The highest BCUT2D eigenvalue weighted by Gasteiger charge is 1.97. The Morgan fingerprint density at radius 3 is 2.24 bits per heavy atom. The summed E-state index contributed by atoms with van der Waals surface area (Å²) in [5.74, 6) is 0.899. The molecular formula is C18H23NO2. The lowest BCUT2D eigenvalue weighted by Gasteiger charge is -2.08. The number of aryl methyl sites for hydroxylation is 1. The molecule has 0 spiro atoms. The maximum atomic E-state index is 5.79. The first-order valence-corrected chi connectivity index (χ1v) is 7.25. The predicted molar refractivity (Wildman–Crippen MR) is 85.5 cm³/mol. The number of nitrogens with one attached hydrogen (secondary N) is 1. The molecule has 0 amide bonds. The van der Waals surface area contributed by atoms with Crippen LogP contribution in [-0.2, 0) is 17.9 Å². The molecule has 0 radical (unpaired) electrons. The molecule has 2 aromatic carbocycles. The van der Waals surface area contributed by atoms with Crippen molar-refractivity contribution >= 4 is 0 Å². The smallest absolute Gasteiger partial charge is 0.119 e. The quantitative estimate of drug-likeness (QED) is 0.755. The lowest BCUT2D eigenvalue weighted by molar-refractivity contribution is 0.199. The van der Waals surface area contributed by atoms with E-state index in [4.69, 9.17) is 9.47 Å². The molecule has 0 fully saturated rings. The minimum Gasteiger partial charge on any atom is -0.489 e. The Bertz CT molecular complexity index is 520. The maximum absolute atomic E-state index is 5.79. The van der Waals surface area contributed by atoms with Crippen molar-refractivity contribution in [3.63, 3.8) is 0 Å². The fraction of sp³-hybridized carbons (Fsp3) is 0.333. The minimum absolute atomic E-state index is 0.603. The largest absolute Gasteiger partial charge is 0.489 e. The van der Waals surface area contributed by atoms with E-state index >= 15 is 0 Å². The fourth-order valence-corrected chi connectivity index (χ4v) is 1.96. The molecule has 21 heavy (non-hydrogen) atoms. The zero-order valence-corrected chi connectivity index (χ0v) is 12.8. The van der Waals surface area contributed by atoms with Crippen LogP contribution in [0.4, 0.5) is 0 Å². The SMILES string of the molecule is COCCNCc1ccc(OCc2ccc(C)cc2)cc1. The number of rotatable bonds is 8. The van der Waals surface area contributed by atoms with Crippen LogP contribution in [0.1, 0.15) is 16.7 Å². The molecule has 3 nitrogen and oxygen atoms in total. The van der Waals surface area contributed by atoms with Crippen LogP contribution < -0.4 is 10.1 Å². The molecule has 2 rings (SSSR count). The second-order valence-electron chi connectivity index (χ2n) is 5.09. The van der Waals surface area contributed by atoms with Crippen LogP contribution in [0.5, 0.6) is 5.75 Å². The monoisotopic (exact) mass is 285 g/mol. The van der Waals surface area contributed by atoms with Crippen LogP contribution in [-0.4, -0.2) is 20.3 Å². The predicted octanol–water partition coefficient (Wildman–Crippen LogP) is 3.31. The molecule has 0 saturated heterocycles. The van der Waals surface area contributed by atoms with Crippen LogP contribution in [0.2, 0.25) is 0 Å². The van der Waals surface area contributed by atoms with Gasteiger partial charge in [0.15, 0.2) is 0 Å². The number of hydrogen-bond acceptors (Lipinski definition) is 3. The second kappa shape index (κ2) is 8.45. The molecule has 0 bridgehead atoms. The number of methoxy groups -OCH3 is 1. The molecule has 0 atom stereocenters. The molecule has 3 heteroatoms. The molecule has 2 aromatic rings. The third kappa shape index (κ3) is 5.58. The van der Waals surface area contributed by atoms with Crippen molar-refractivity contribution in [1.82, 2.24) is 5.32 Å². The first-order valence-electron chi connectivity index (χ1n) is 7.25. The Balaban J connectivity index is 1.78. The van der Waals surface area contributed by atoms with Gasteiger partial charge in [0.05, 0.1) is 6.61 Å². The van der Waals surface area contributed by atoms with E-state index in [1.54, 1.807) is 7.11 Å². The van der Waals surface area contributed by atoms with Crippen molar-refractivity contribution in [2.45, 2.75) is 20.1 Å². The Kier molecular flexibility index (Phi) is 6.25. The van der Waals surface area contributed by atoms with E-state index in [1.165, 1.54) is 16.7 Å². The van der Waals surface area contributed by atoms with Gasteiger partial charge in [-0.05, 0) is 30.2 Å². The van der Waals surface area contributed by atoms with Crippen molar-refractivity contribution in [2.24, 2.45) is 0 Å². The third-order valence-corrected chi connectivity index (χ3v) is 3.26. The van der Waals surface area contributed by atoms with E-state index in [1.807, 2.05) is 12.1 Å². The molecule has 0 aromatic heterocycles. The van der Waals surface area contributed by atoms with Gasteiger partial charge in [-0.25, -0.2) is 0 Å². The van der Waals surface area contributed by atoms with Crippen molar-refractivity contribution in [3.8, 4) is 5.75 Å². The molecule has 0 aliphatic rings. The van der Waals surface area contributed by atoms with Gasteiger partial charge in [0.25, 0.3) is 0 Å². The zero-order valence-electron chi connectivity index (χ0n) is 12.8. The van der Waals surface area contributed by atoms with Crippen molar-refractivity contribution < 1.29 is 9.47 Å². The minimum atomic E-state index is 0.603. The Hall–Kier alpha value is -1.84. The summed E-state index contributed by atoms with van der Waals surface area (Å²) in [6.45, 7) is 5.14. The van der Waals surface area contributed by atoms with Crippen molar-refractivity contribution in [2.75, 3.05) is 20.3 Å². The summed E-state index contributed by atoms with van der Waals surface area (Å²) in [5.41, 5.74) is 3.70. The topological polar surface area (TPSA) is 30.5 Å². The molecule has 0 aliphatic carbocycles. The van der Waals surface area contributed by atoms with Crippen LogP contribution in [0.25, 0.3) is 0 Å². The summed E-state index contributed by atoms with van der Waals surface area (Å²) in [7, 11) is 1.71. The summed E-state index contributed by atoms with van der Waals surface area (Å²) in [5, 5.41) is 3.32. The fourth-order valence-electron chi connectivity index (χ4n) is 1.96. The highest BCUT2D eigenvalue weighted by Crippen LogP contribution is 2.14. The number of benzene rings is 2. The average molecular weight is 285 g/mol. The summed E-state index contributed by atoms with van der Waals surface area (Å²) in [6.07, 6.45) is 0. The lowest BCUT2D eigenvalue weighted by atomic mass is 10.2. The Morgan fingerprint density at radius 1 is 0.905 bits per heavy atom. The standard InChI is InChI=1S/C18H23NO2/c1-15-3-5-17(6-4-15)14-21-18-9-7-16(8-10-18)13-19-11-12-20-2/h3-10,19H,11-14H2,1-2H3. The van der Waals surface area contributed by atoms with Crippen LogP contribution >= 0.6 is 0 Å². The maximum Gasteiger partial charge on any atom is 0.119 e. The Morgan fingerprint density at radius 2 is 1.57 bits per heavy atom. The van der Waals surface area contributed by atoms with Gasteiger partial charge in [0, 0.05) is 20.2 Å². The molecule has 112 valence electrons. The third-order valence-electron chi connectivity index (χ3n) is 3.26. The van der Waals surface area contributed by atoms with Crippen LogP contribution in [0.3, 0.4) is 0 Å². The molecule has 0 aliphatic heterocycles. The highest BCUT2D eigenvalue weighted by molar-refractivity contribution is 5.28. The highest BCUT2D eigenvalue weighted by atomic mass is 16.5. The van der Waals surface area contributed by atoms with Gasteiger partial charge in [-0.1, -0.05) is 42.0 Å². The summed E-state index contributed by atoms with van der Waals surface area (Å²) >= 11 is 0. The molecule has 0 unspecified atom stereocenters. The van der Waals surface area contributed by atoms with Gasteiger partial charge in [0.1, 0.15) is 12.4 Å². The van der Waals surface area contributed by atoms with Crippen LogP contribution in [0.15, 0.2) is 48.5 Å². The summed E-state index contributed by atoms with van der Waals surface area (Å²) in [6, 6.07) is 16.6. The van der Waals surface area contributed by atoms with Gasteiger partial charge >= 0.3 is 0 Å². The van der Waals surface area contributed by atoms with Gasteiger partial charge in [-0.3, -0.25) is 0 Å². The van der Waals surface area contributed by atoms with E-state index in [0.29, 0.717) is 6.61 Å². The normalized spacial score (nSPS) is 10.6. The van der Waals surface area contributed by atoms with E-state index in [9.17, 15) is 0 Å². The molecule has 0 saturated carbocycles. The van der Waals surface area contributed by atoms with Gasteiger partial charge < -0.3 is 14.8 Å². The molecule has 0 heterocycles. The van der Waals surface area contributed by atoms with E-state index in [2.05, 4.69) is 48.6 Å². The summed E-state index contributed by atoms with van der Waals surface area (Å²) < 4.78 is 10.8. The van der Waals surface area contributed by atoms with Gasteiger partial charge in [-0.15, -0.1) is 0 Å². The zero-order chi connectivity index (χ0) is 14.9. The van der Waals surface area contributed by atoms with Crippen molar-refractivity contribution in [3.05, 3.63) is 65.2 Å². The molecular weight excluding hydrogens is 262 g/mol. The first kappa shape index (κ1) is 15.5. The average Bonchev–Trinajstić information content (AvgIpc) is 2.52.